The van der Waals surface area contributed by atoms with E-state index in [1.54, 1.807) is 13.0 Å². The highest BCUT2D eigenvalue weighted by molar-refractivity contribution is 5.88. The largest absolute Gasteiger partial charge is 0.488 e. The number of rotatable bonds is 2. The molecule has 5 rings (SSSR count). The number of aryl methyl sites for hydroxylation is 1. The van der Waals surface area contributed by atoms with Crippen LogP contribution in [0.15, 0.2) is 60.3 Å². The maximum absolute atomic E-state index is 13.9. The lowest BCUT2D eigenvalue weighted by Crippen LogP contribution is -2.01. The molecule has 0 radical (unpaired) electrons. The van der Waals surface area contributed by atoms with Crippen LogP contribution in [0.1, 0.15) is 46.1 Å². The van der Waals surface area contributed by atoms with Crippen molar-refractivity contribution < 1.29 is 9.13 Å². The number of halogens is 1. The Morgan fingerprint density at radius 1 is 1.18 bits per heavy atom. The molecule has 2 aromatic heterocycles. The Kier molecular flexibility index (Phi) is 4.96. The molecule has 0 amide bonds. The molecule has 0 bridgehead atoms. The minimum atomic E-state index is -0.370. The second-order valence-electron chi connectivity index (χ2n) is 8.14. The Bertz CT molecular complexity index is 1550. The number of benzene rings is 2. The van der Waals surface area contributed by atoms with E-state index < -0.39 is 0 Å². The van der Waals surface area contributed by atoms with E-state index in [9.17, 15) is 9.65 Å². The van der Waals surface area contributed by atoms with Crippen molar-refractivity contribution in [3.63, 3.8) is 0 Å². The zero-order chi connectivity index (χ0) is 23.1. The Balaban J connectivity index is 1.59. The molecule has 3 heterocycles. The number of ether oxygens (including phenoxy) is 1. The number of hydrogen-bond acceptors (Lipinski definition) is 3. The molecule has 0 spiro atoms. The first-order valence-electron chi connectivity index (χ1n) is 10.6. The van der Waals surface area contributed by atoms with Gasteiger partial charge in [-0.2, -0.15) is 5.26 Å². The fraction of sp³-hybridized carbons (Fsp3) is 0.143. The first-order chi connectivity index (χ1) is 16.0. The number of aromatic nitrogens is 2. The summed E-state index contributed by atoms with van der Waals surface area (Å²) < 4.78 is 21.9. The molecule has 160 valence electrons. The molecule has 0 fully saturated rings. The minimum absolute atomic E-state index is 0.291. The molecule has 0 atom stereocenters. The standard InChI is InChI=1S/C28H20FN3O/c1-4-19-9-10-32-25(18(3)31-27(32)13-19)12-20-5-7-23-21(11-20)16-33-26-14-22(29)6-8-24(26)28(23)17(2)15-30/h1,5-11,13-14H,12,16H2,2-3H3/b28-17+. The number of fused-ring (bicyclic) bond motifs is 3. The van der Waals surface area contributed by atoms with Gasteiger partial charge in [0.15, 0.2) is 0 Å². The minimum Gasteiger partial charge on any atom is -0.488 e. The highest BCUT2D eigenvalue weighted by Crippen LogP contribution is 2.39. The second kappa shape index (κ2) is 7.97. The summed E-state index contributed by atoms with van der Waals surface area (Å²) in [5.74, 6) is 2.72. The summed E-state index contributed by atoms with van der Waals surface area (Å²) in [6, 6.07) is 16.7. The molecule has 0 saturated carbocycles. The number of pyridine rings is 1. The lowest BCUT2D eigenvalue weighted by atomic mass is 9.89. The molecule has 33 heavy (non-hydrogen) atoms. The van der Waals surface area contributed by atoms with Gasteiger partial charge in [0.1, 0.15) is 23.8 Å². The van der Waals surface area contributed by atoms with E-state index in [1.165, 1.54) is 12.1 Å². The summed E-state index contributed by atoms with van der Waals surface area (Å²) in [5, 5.41) is 9.63. The van der Waals surface area contributed by atoms with Gasteiger partial charge in [-0.15, -0.1) is 6.42 Å². The van der Waals surface area contributed by atoms with Crippen LogP contribution in [-0.4, -0.2) is 9.38 Å². The molecule has 4 nitrogen and oxygen atoms in total. The van der Waals surface area contributed by atoms with Crippen molar-refractivity contribution in [2.45, 2.75) is 26.9 Å². The molecule has 0 saturated heterocycles. The van der Waals surface area contributed by atoms with Crippen LogP contribution in [0.2, 0.25) is 0 Å². The smallest absolute Gasteiger partial charge is 0.138 e. The van der Waals surface area contributed by atoms with Gasteiger partial charge in [-0.1, -0.05) is 24.1 Å². The number of nitrogens with zero attached hydrogens (tertiary/aromatic N) is 3. The third kappa shape index (κ3) is 3.54. The third-order valence-corrected chi connectivity index (χ3v) is 6.04. The number of nitriles is 1. The second-order valence-corrected chi connectivity index (χ2v) is 8.14. The van der Waals surface area contributed by atoms with Gasteiger partial charge in [-0.3, -0.25) is 0 Å². The third-order valence-electron chi connectivity index (χ3n) is 6.04. The fourth-order valence-corrected chi connectivity index (χ4v) is 4.41. The lowest BCUT2D eigenvalue weighted by Gasteiger charge is -2.13. The van der Waals surface area contributed by atoms with Crippen LogP contribution >= 0.6 is 0 Å². The monoisotopic (exact) mass is 433 g/mol. The van der Waals surface area contributed by atoms with Gasteiger partial charge in [0.05, 0.1) is 11.8 Å². The van der Waals surface area contributed by atoms with Crippen LogP contribution in [0.3, 0.4) is 0 Å². The van der Waals surface area contributed by atoms with E-state index in [1.807, 2.05) is 31.3 Å². The van der Waals surface area contributed by atoms with Crippen LogP contribution in [0, 0.1) is 36.4 Å². The van der Waals surface area contributed by atoms with Crippen molar-refractivity contribution in [1.29, 1.82) is 5.26 Å². The van der Waals surface area contributed by atoms with Crippen LogP contribution in [0.4, 0.5) is 4.39 Å². The fourth-order valence-electron chi connectivity index (χ4n) is 4.41. The number of imidazole rings is 1. The van der Waals surface area contributed by atoms with Gasteiger partial charge in [-0.25, -0.2) is 9.37 Å². The van der Waals surface area contributed by atoms with Gasteiger partial charge < -0.3 is 9.14 Å². The average Bonchev–Trinajstić information content (AvgIpc) is 3.03. The van der Waals surface area contributed by atoms with Crippen LogP contribution in [-0.2, 0) is 13.0 Å². The van der Waals surface area contributed by atoms with E-state index in [4.69, 9.17) is 11.2 Å². The summed E-state index contributed by atoms with van der Waals surface area (Å²) >= 11 is 0. The maximum atomic E-state index is 13.9. The first-order valence-corrected chi connectivity index (χ1v) is 10.6. The Hall–Kier alpha value is -4.35. The normalized spacial score (nSPS) is 13.8. The quantitative estimate of drug-likeness (QED) is 0.306. The summed E-state index contributed by atoms with van der Waals surface area (Å²) in [4.78, 5) is 4.67. The van der Waals surface area contributed by atoms with E-state index in [-0.39, 0.29) is 5.82 Å². The molecule has 2 aromatic carbocycles. The number of allylic oxidation sites excluding steroid dienone is 1. The molecule has 1 aliphatic rings. The van der Waals surface area contributed by atoms with Crippen LogP contribution in [0.5, 0.6) is 5.75 Å². The Morgan fingerprint density at radius 2 is 2.00 bits per heavy atom. The predicted molar refractivity (Wildman–Crippen MR) is 125 cm³/mol. The van der Waals surface area contributed by atoms with Gasteiger partial charge in [-0.05, 0) is 54.8 Å². The van der Waals surface area contributed by atoms with Crippen molar-refractivity contribution in [2.75, 3.05) is 0 Å². The van der Waals surface area contributed by atoms with Crippen LogP contribution in [0.25, 0.3) is 11.2 Å². The lowest BCUT2D eigenvalue weighted by molar-refractivity contribution is 0.305. The van der Waals surface area contributed by atoms with E-state index in [0.717, 1.165) is 50.4 Å². The summed E-state index contributed by atoms with van der Waals surface area (Å²) in [6.07, 6.45) is 8.15. The van der Waals surface area contributed by atoms with Gasteiger partial charge in [0, 0.05) is 46.7 Å². The predicted octanol–water partition coefficient (Wildman–Crippen LogP) is 5.59. The average molecular weight is 433 g/mol. The van der Waals surface area contributed by atoms with Gasteiger partial charge in [0.2, 0.25) is 0 Å². The SMILES string of the molecule is C#Cc1ccn2c(Cc3ccc4c(c3)COc3cc(F)ccc3/C4=C(\C)C#N)c(C)nc2c1. The van der Waals surface area contributed by atoms with Crippen molar-refractivity contribution in [3.05, 3.63) is 105 Å². The molecule has 4 aromatic rings. The molecule has 0 unspecified atom stereocenters. The molecule has 1 aliphatic heterocycles. The molecular weight excluding hydrogens is 413 g/mol. The molecular formula is C28H20FN3O. The van der Waals surface area contributed by atoms with E-state index in [2.05, 4.69) is 33.5 Å². The van der Waals surface area contributed by atoms with E-state index >= 15 is 0 Å². The summed E-state index contributed by atoms with van der Waals surface area (Å²) in [7, 11) is 0. The highest BCUT2D eigenvalue weighted by Gasteiger charge is 2.22. The van der Waals surface area contributed by atoms with Crippen molar-refractivity contribution in [1.82, 2.24) is 9.38 Å². The molecule has 0 aliphatic carbocycles. The van der Waals surface area contributed by atoms with Gasteiger partial charge in [0.25, 0.3) is 0 Å². The maximum Gasteiger partial charge on any atom is 0.138 e. The van der Waals surface area contributed by atoms with Crippen molar-refractivity contribution in [3.8, 4) is 24.2 Å². The topological polar surface area (TPSA) is 50.3 Å². The van der Waals surface area contributed by atoms with Gasteiger partial charge >= 0.3 is 0 Å². The summed E-state index contributed by atoms with van der Waals surface area (Å²) in [5.41, 5.74) is 8.68. The highest BCUT2D eigenvalue weighted by atomic mass is 19.1. The van der Waals surface area contributed by atoms with Crippen LogP contribution < -0.4 is 4.74 Å². The van der Waals surface area contributed by atoms with E-state index in [0.29, 0.717) is 24.4 Å². The Labute approximate surface area is 191 Å². The number of terminal acetylenes is 1. The first kappa shape index (κ1) is 20.5. The molecule has 5 heteroatoms. The Morgan fingerprint density at radius 3 is 2.79 bits per heavy atom. The van der Waals surface area contributed by atoms with Crippen molar-refractivity contribution in [2.24, 2.45) is 0 Å². The summed E-state index contributed by atoms with van der Waals surface area (Å²) in [6.45, 7) is 4.06. The zero-order valence-electron chi connectivity index (χ0n) is 18.3. The number of hydrogen-bond donors (Lipinski definition) is 0. The zero-order valence-corrected chi connectivity index (χ0v) is 18.3. The van der Waals surface area contributed by atoms with Crippen molar-refractivity contribution >= 4 is 11.2 Å². The molecule has 0 N–H and O–H groups in total.